The monoisotopic (exact) mass is 349 g/mol. The maximum atomic E-state index is 12.7. The molecule has 0 aliphatic carbocycles. The lowest BCUT2D eigenvalue weighted by molar-refractivity contribution is 0.0698. The van der Waals surface area contributed by atoms with Gasteiger partial charge in [0, 0.05) is 0 Å². The molecule has 2 N–H and O–H groups in total. The fourth-order valence-corrected chi connectivity index (χ4v) is 3.79. The van der Waals surface area contributed by atoms with Crippen molar-refractivity contribution in [1.29, 1.82) is 0 Å². The molecule has 0 fully saturated rings. The Labute approximate surface area is 141 Å². The molecule has 7 heteroatoms. The van der Waals surface area contributed by atoms with Gasteiger partial charge in [0.25, 0.3) is 10.0 Å². The topological polar surface area (TPSA) is 92.7 Å². The second-order valence-corrected chi connectivity index (χ2v) is 7.20. The normalized spacial score (nSPS) is 11.2. The van der Waals surface area contributed by atoms with Crippen LogP contribution in [0.4, 0.5) is 5.69 Å². The third-order valence-electron chi connectivity index (χ3n) is 3.63. The van der Waals surface area contributed by atoms with Crippen LogP contribution in [0.2, 0.25) is 0 Å². The van der Waals surface area contributed by atoms with Crippen LogP contribution in [0.3, 0.4) is 0 Å². The van der Waals surface area contributed by atoms with E-state index >= 15 is 0 Å². The number of methoxy groups -OCH3 is 1. The van der Waals surface area contributed by atoms with E-state index < -0.39 is 16.0 Å². The molecule has 0 radical (unpaired) electrons. The van der Waals surface area contributed by atoms with Gasteiger partial charge < -0.3 is 9.84 Å². The zero-order chi connectivity index (χ0) is 18.1. The predicted octanol–water partition coefficient (Wildman–Crippen LogP) is 3.12. The van der Waals surface area contributed by atoms with Gasteiger partial charge in [0.1, 0.15) is 5.75 Å². The number of carbonyl (C=O) groups is 1. The van der Waals surface area contributed by atoms with Crippen molar-refractivity contribution in [3.63, 3.8) is 0 Å². The van der Waals surface area contributed by atoms with Gasteiger partial charge in [0.15, 0.2) is 0 Å². The van der Waals surface area contributed by atoms with Crippen LogP contribution >= 0.6 is 0 Å². The fraction of sp³-hybridized carbons (Fsp3) is 0.235. The molecular formula is C17H19NO5S. The van der Waals surface area contributed by atoms with Crippen molar-refractivity contribution in [3.8, 4) is 5.75 Å². The first-order chi connectivity index (χ1) is 11.2. The zero-order valence-electron chi connectivity index (χ0n) is 13.9. The van der Waals surface area contributed by atoms with E-state index in [1.165, 1.54) is 25.3 Å². The Hall–Kier alpha value is -2.54. The average Bonchev–Trinajstić information content (AvgIpc) is 2.50. The summed E-state index contributed by atoms with van der Waals surface area (Å²) in [6.45, 7) is 5.14. The largest absolute Gasteiger partial charge is 0.496 e. The first kappa shape index (κ1) is 17.8. The molecular weight excluding hydrogens is 330 g/mol. The Balaban J connectivity index is 2.51. The number of nitrogens with one attached hydrogen (secondary N) is 1. The molecule has 0 aliphatic rings. The van der Waals surface area contributed by atoms with Gasteiger partial charge in [-0.25, -0.2) is 13.2 Å². The minimum Gasteiger partial charge on any atom is -0.496 e. The number of sulfonamides is 1. The molecule has 0 bridgehead atoms. The summed E-state index contributed by atoms with van der Waals surface area (Å²) in [4.78, 5) is 11.4. The quantitative estimate of drug-likeness (QED) is 0.865. The van der Waals surface area contributed by atoms with Crippen molar-refractivity contribution in [3.05, 3.63) is 52.6 Å². The summed E-state index contributed by atoms with van der Waals surface area (Å²) in [5, 5.41) is 9.27. The van der Waals surface area contributed by atoms with Crippen LogP contribution in [0, 0.1) is 20.8 Å². The average molecular weight is 349 g/mol. The molecule has 0 heterocycles. The van der Waals surface area contributed by atoms with Crippen LogP contribution in [0.5, 0.6) is 5.75 Å². The number of aromatic carboxylic acids is 1. The highest BCUT2D eigenvalue weighted by molar-refractivity contribution is 7.92. The third-order valence-corrected chi connectivity index (χ3v) is 5.14. The molecule has 0 atom stereocenters. The minimum atomic E-state index is -3.93. The second kappa shape index (κ2) is 6.52. The van der Waals surface area contributed by atoms with Crippen molar-refractivity contribution in [2.75, 3.05) is 11.8 Å². The summed E-state index contributed by atoms with van der Waals surface area (Å²) in [6, 6.07) is 7.66. The summed E-state index contributed by atoms with van der Waals surface area (Å²) in [6.07, 6.45) is 0. The van der Waals surface area contributed by atoms with Crippen LogP contribution in [-0.2, 0) is 10.0 Å². The molecule has 2 aromatic carbocycles. The van der Waals surface area contributed by atoms with Crippen LogP contribution in [-0.4, -0.2) is 26.6 Å². The van der Waals surface area contributed by atoms with Crippen LogP contribution in [0.15, 0.2) is 35.2 Å². The Bertz CT molecular complexity index is 903. The molecule has 6 nitrogen and oxygen atoms in total. The fourth-order valence-electron chi connectivity index (χ4n) is 2.40. The molecule has 0 aliphatic heterocycles. The van der Waals surface area contributed by atoms with Crippen molar-refractivity contribution < 1.29 is 23.1 Å². The smallest absolute Gasteiger partial charge is 0.337 e. The summed E-state index contributed by atoms with van der Waals surface area (Å²) < 4.78 is 32.9. The lowest BCUT2D eigenvalue weighted by Crippen LogP contribution is -2.17. The molecule has 2 aromatic rings. The number of aryl methyl sites for hydroxylation is 3. The zero-order valence-corrected chi connectivity index (χ0v) is 14.7. The highest BCUT2D eigenvalue weighted by Gasteiger charge is 2.21. The van der Waals surface area contributed by atoms with Crippen molar-refractivity contribution in [2.45, 2.75) is 25.7 Å². The van der Waals surface area contributed by atoms with E-state index in [4.69, 9.17) is 4.74 Å². The van der Waals surface area contributed by atoms with Gasteiger partial charge in [-0.05, 0) is 56.2 Å². The van der Waals surface area contributed by atoms with E-state index in [1.807, 2.05) is 0 Å². The number of hydrogen-bond acceptors (Lipinski definition) is 4. The number of hydrogen-bond donors (Lipinski definition) is 2. The highest BCUT2D eigenvalue weighted by Crippen LogP contribution is 2.28. The molecule has 2 rings (SSSR count). The summed E-state index contributed by atoms with van der Waals surface area (Å²) in [5.41, 5.74) is 1.84. The van der Waals surface area contributed by atoms with Crippen molar-refractivity contribution in [1.82, 2.24) is 0 Å². The van der Waals surface area contributed by atoms with Gasteiger partial charge in [-0.1, -0.05) is 11.6 Å². The Kier molecular flexibility index (Phi) is 4.84. The first-order valence-corrected chi connectivity index (χ1v) is 8.66. The van der Waals surface area contributed by atoms with Gasteiger partial charge in [-0.15, -0.1) is 0 Å². The number of anilines is 1. The summed E-state index contributed by atoms with van der Waals surface area (Å²) in [5.74, 6) is -0.605. The van der Waals surface area contributed by atoms with Crippen LogP contribution in [0.25, 0.3) is 0 Å². The molecule has 0 unspecified atom stereocenters. The molecule has 128 valence electrons. The van der Waals surface area contributed by atoms with Crippen LogP contribution in [0.1, 0.15) is 27.0 Å². The van der Waals surface area contributed by atoms with Crippen LogP contribution < -0.4 is 9.46 Å². The Morgan fingerprint density at radius 3 is 2.33 bits per heavy atom. The number of ether oxygens (including phenoxy) is 1. The van der Waals surface area contributed by atoms with E-state index in [1.54, 1.807) is 32.9 Å². The molecule has 24 heavy (non-hydrogen) atoms. The number of carboxylic acids is 1. The van der Waals surface area contributed by atoms with E-state index in [0.29, 0.717) is 16.9 Å². The van der Waals surface area contributed by atoms with E-state index in [-0.39, 0.29) is 16.1 Å². The number of rotatable bonds is 5. The molecule has 0 saturated heterocycles. The van der Waals surface area contributed by atoms with Crippen molar-refractivity contribution >= 4 is 21.7 Å². The maximum absolute atomic E-state index is 12.7. The standard InChI is InChI=1S/C17H19NO5S/c1-10-5-6-14(13(7-10)17(19)20)18-24(21,22)16-9-11(2)15(23-4)8-12(16)3/h5-9,18H,1-4H3,(H,19,20). The third kappa shape index (κ3) is 3.51. The van der Waals surface area contributed by atoms with Gasteiger partial charge >= 0.3 is 5.97 Å². The Morgan fingerprint density at radius 2 is 1.75 bits per heavy atom. The summed E-state index contributed by atoms with van der Waals surface area (Å²) in [7, 11) is -2.42. The van der Waals surface area contributed by atoms with Gasteiger partial charge in [-0.3, -0.25) is 4.72 Å². The molecule has 0 spiro atoms. The summed E-state index contributed by atoms with van der Waals surface area (Å²) >= 11 is 0. The molecule has 0 amide bonds. The Morgan fingerprint density at radius 1 is 1.08 bits per heavy atom. The maximum Gasteiger partial charge on any atom is 0.337 e. The predicted molar refractivity (Wildman–Crippen MR) is 91.4 cm³/mol. The van der Waals surface area contributed by atoms with Gasteiger partial charge in [0.2, 0.25) is 0 Å². The second-order valence-electron chi connectivity index (χ2n) is 5.55. The lowest BCUT2D eigenvalue weighted by atomic mass is 10.1. The van der Waals surface area contributed by atoms with Gasteiger partial charge in [0.05, 0.1) is 23.3 Å². The molecule has 0 aromatic heterocycles. The molecule has 0 saturated carbocycles. The first-order valence-electron chi connectivity index (χ1n) is 7.17. The van der Waals surface area contributed by atoms with E-state index in [2.05, 4.69) is 4.72 Å². The van der Waals surface area contributed by atoms with Gasteiger partial charge in [-0.2, -0.15) is 0 Å². The number of benzene rings is 2. The van der Waals surface area contributed by atoms with Crippen molar-refractivity contribution in [2.24, 2.45) is 0 Å². The van der Waals surface area contributed by atoms with E-state index in [0.717, 1.165) is 5.56 Å². The highest BCUT2D eigenvalue weighted by atomic mass is 32.2. The van der Waals surface area contributed by atoms with E-state index in [9.17, 15) is 18.3 Å². The minimum absolute atomic E-state index is 0.0287. The lowest BCUT2D eigenvalue weighted by Gasteiger charge is -2.15. The number of carboxylic acid groups (broad SMARTS) is 1. The SMILES string of the molecule is COc1cc(C)c(S(=O)(=O)Nc2ccc(C)cc2C(=O)O)cc1C.